The van der Waals surface area contributed by atoms with Crippen LogP contribution in [-0.4, -0.2) is 25.8 Å². The van der Waals surface area contributed by atoms with Crippen LogP contribution in [-0.2, 0) is 20.0 Å². The summed E-state index contributed by atoms with van der Waals surface area (Å²) < 4.78 is 1.77. The lowest BCUT2D eigenvalue weighted by Crippen LogP contribution is -2.18. The first-order valence-corrected chi connectivity index (χ1v) is 6.33. The van der Waals surface area contributed by atoms with Gasteiger partial charge in [-0.15, -0.1) is 0 Å². The largest absolute Gasteiger partial charge is 0.409 e. The van der Waals surface area contributed by atoms with E-state index in [-0.39, 0.29) is 5.84 Å². The minimum Gasteiger partial charge on any atom is -0.409 e. The summed E-state index contributed by atoms with van der Waals surface area (Å²) in [5.41, 5.74) is 8.93. The first-order valence-electron chi connectivity index (χ1n) is 6.33. The van der Waals surface area contributed by atoms with Crippen LogP contribution in [0.25, 0.3) is 0 Å². The van der Waals surface area contributed by atoms with E-state index < -0.39 is 0 Å². The molecule has 0 spiro atoms. The third-order valence-corrected chi connectivity index (χ3v) is 2.95. The molecule has 7 nitrogen and oxygen atoms in total. The molecule has 0 saturated carbocycles. The molecular weight excluding hydrogens is 256 g/mol. The van der Waals surface area contributed by atoms with Crippen LogP contribution in [0.5, 0.6) is 0 Å². The van der Waals surface area contributed by atoms with Gasteiger partial charge in [-0.05, 0) is 12.5 Å². The van der Waals surface area contributed by atoms with Crippen LogP contribution >= 0.6 is 0 Å². The van der Waals surface area contributed by atoms with Crippen molar-refractivity contribution in [3.63, 3.8) is 0 Å². The van der Waals surface area contributed by atoms with Crippen molar-refractivity contribution in [2.45, 2.75) is 19.9 Å². The topological polar surface area (TPSA) is 101 Å². The van der Waals surface area contributed by atoms with Gasteiger partial charge in [0.25, 0.3) is 0 Å². The maximum atomic E-state index is 8.77. The first kappa shape index (κ1) is 13.9. The Morgan fingerprint density at radius 2 is 2.35 bits per heavy atom. The van der Waals surface area contributed by atoms with Crippen molar-refractivity contribution < 1.29 is 5.21 Å². The lowest BCUT2D eigenvalue weighted by molar-refractivity contribution is 0.318. The molecule has 0 bridgehead atoms. The van der Waals surface area contributed by atoms with E-state index in [1.54, 1.807) is 10.9 Å². The Bertz CT molecular complexity index is 619. The summed E-state index contributed by atoms with van der Waals surface area (Å²) >= 11 is 0. The van der Waals surface area contributed by atoms with E-state index >= 15 is 0 Å². The number of amidine groups is 1. The first-order chi connectivity index (χ1) is 9.65. The molecule has 7 heteroatoms. The summed E-state index contributed by atoms with van der Waals surface area (Å²) in [4.78, 5) is 4.13. The third-order valence-electron chi connectivity index (χ3n) is 2.95. The third kappa shape index (κ3) is 2.87. The highest BCUT2D eigenvalue weighted by atomic mass is 16.4. The van der Waals surface area contributed by atoms with Crippen molar-refractivity contribution in [1.82, 2.24) is 14.8 Å². The number of hydrogen-bond acceptors (Lipinski definition) is 5. The number of nitrogens with one attached hydrogen (secondary N) is 1. The van der Waals surface area contributed by atoms with Crippen molar-refractivity contribution in [2.24, 2.45) is 17.9 Å². The van der Waals surface area contributed by atoms with Gasteiger partial charge < -0.3 is 16.3 Å². The summed E-state index contributed by atoms with van der Waals surface area (Å²) in [5, 5.41) is 19.4. The minimum absolute atomic E-state index is 0.00398. The number of nitrogens with zero attached hydrogens (tertiary/aromatic N) is 4. The second-order valence-electron chi connectivity index (χ2n) is 4.37. The molecule has 2 aromatic rings. The SMILES string of the molecule is CCc1nn(C)cc1NCc1cccnc1/C(N)=N/O. The van der Waals surface area contributed by atoms with Crippen LogP contribution in [0.2, 0.25) is 0 Å². The highest BCUT2D eigenvalue weighted by Crippen LogP contribution is 2.16. The predicted molar refractivity (Wildman–Crippen MR) is 76.7 cm³/mol. The molecule has 0 amide bonds. The van der Waals surface area contributed by atoms with Gasteiger partial charge in [-0.25, -0.2) is 0 Å². The van der Waals surface area contributed by atoms with Gasteiger partial charge in [-0.1, -0.05) is 18.1 Å². The van der Waals surface area contributed by atoms with Crippen LogP contribution < -0.4 is 11.1 Å². The number of nitrogens with two attached hydrogens (primary N) is 1. The lowest BCUT2D eigenvalue weighted by atomic mass is 10.1. The van der Waals surface area contributed by atoms with Gasteiger partial charge in [0.1, 0.15) is 5.69 Å². The van der Waals surface area contributed by atoms with Crippen molar-refractivity contribution in [1.29, 1.82) is 0 Å². The van der Waals surface area contributed by atoms with Gasteiger partial charge in [0, 0.05) is 31.5 Å². The molecule has 0 aromatic carbocycles. The summed E-state index contributed by atoms with van der Waals surface area (Å²) in [5.74, 6) is 0.00398. The monoisotopic (exact) mass is 274 g/mol. The minimum atomic E-state index is 0.00398. The molecule has 2 aromatic heterocycles. The number of pyridine rings is 1. The molecule has 0 aliphatic carbocycles. The number of aromatic nitrogens is 3. The molecule has 0 aliphatic rings. The zero-order valence-electron chi connectivity index (χ0n) is 11.5. The van der Waals surface area contributed by atoms with Gasteiger partial charge in [0.05, 0.1) is 11.4 Å². The van der Waals surface area contributed by atoms with Gasteiger partial charge in [-0.3, -0.25) is 9.67 Å². The van der Waals surface area contributed by atoms with Gasteiger partial charge in [-0.2, -0.15) is 5.10 Å². The molecule has 4 N–H and O–H groups in total. The maximum absolute atomic E-state index is 8.77. The Kier molecular flexibility index (Phi) is 4.19. The van der Waals surface area contributed by atoms with Crippen molar-refractivity contribution in [2.75, 3.05) is 5.32 Å². The average molecular weight is 274 g/mol. The second kappa shape index (κ2) is 6.05. The fraction of sp³-hybridized carbons (Fsp3) is 0.308. The number of rotatable bonds is 5. The fourth-order valence-corrected chi connectivity index (χ4v) is 1.99. The lowest BCUT2D eigenvalue weighted by Gasteiger charge is -2.09. The molecule has 2 rings (SSSR count). The number of aryl methyl sites for hydroxylation is 2. The van der Waals surface area contributed by atoms with Gasteiger partial charge in [0.2, 0.25) is 0 Å². The normalized spacial score (nSPS) is 11.6. The van der Waals surface area contributed by atoms with Crippen LogP contribution in [0, 0.1) is 0 Å². The maximum Gasteiger partial charge on any atom is 0.189 e. The molecule has 0 atom stereocenters. The highest BCUT2D eigenvalue weighted by molar-refractivity contribution is 5.96. The Labute approximate surface area is 117 Å². The molecule has 0 fully saturated rings. The molecule has 0 radical (unpaired) electrons. The molecule has 0 saturated heterocycles. The molecule has 20 heavy (non-hydrogen) atoms. The van der Waals surface area contributed by atoms with E-state index in [2.05, 4.69) is 27.5 Å². The zero-order valence-corrected chi connectivity index (χ0v) is 11.5. The Morgan fingerprint density at radius 3 is 3.05 bits per heavy atom. The molecule has 106 valence electrons. The van der Waals surface area contributed by atoms with Gasteiger partial charge >= 0.3 is 0 Å². The highest BCUT2D eigenvalue weighted by Gasteiger charge is 2.10. The summed E-state index contributed by atoms with van der Waals surface area (Å²) in [6, 6.07) is 3.70. The van der Waals surface area contributed by atoms with E-state index in [1.165, 1.54) is 0 Å². The predicted octanol–water partition coefficient (Wildman–Crippen LogP) is 1.08. The van der Waals surface area contributed by atoms with E-state index in [0.717, 1.165) is 23.4 Å². The van der Waals surface area contributed by atoms with Gasteiger partial charge in [0.15, 0.2) is 5.84 Å². The van der Waals surface area contributed by atoms with E-state index in [0.29, 0.717) is 12.2 Å². The number of hydrogen-bond donors (Lipinski definition) is 3. The fourth-order valence-electron chi connectivity index (χ4n) is 1.99. The van der Waals surface area contributed by atoms with E-state index in [9.17, 15) is 0 Å². The van der Waals surface area contributed by atoms with Crippen LogP contribution in [0.15, 0.2) is 29.7 Å². The van der Waals surface area contributed by atoms with Crippen molar-refractivity contribution in [3.05, 3.63) is 41.5 Å². The van der Waals surface area contributed by atoms with E-state index in [1.807, 2.05) is 25.4 Å². The van der Waals surface area contributed by atoms with Crippen molar-refractivity contribution in [3.8, 4) is 0 Å². The number of oxime groups is 1. The summed E-state index contributed by atoms with van der Waals surface area (Å²) in [6.07, 6.45) is 4.39. The Hall–Kier alpha value is -2.57. The standard InChI is InChI=1S/C13H18N6O/c1-3-10-11(8-19(2)17-10)16-7-9-5-4-6-15-12(9)13(14)18-20/h4-6,8,16,20H,3,7H2,1-2H3,(H2,14,18). The quantitative estimate of drug-likeness (QED) is 0.328. The smallest absolute Gasteiger partial charge is 0.189 e. The molecule has 2 heterocycles. The second-order valence-corrected chi connectivity index (χ2v) is 4.37. The van der Waals surface area contributed by atoms with Crippen LogP contribution in [0.4, 0.5) is 5.69 Å². The Balaban J connectivity index is 2.19. The van der Waals surface area contributed by atoms with E-state index in [4.69, 9.17) is 10.9 Å². The summed E-state index contributed by atoms with van der Waals surface area (Å²) in [7, 11) is 1.89. The number of anilines is 1. The summed E-state index contributed by atoms with van der Waals surface area (Å²) in [6.45, 7) is 2.58. The average Bonchev–Trinajstić information content (AvgIpc) is 2.84. The molecule has 0 unspecified atom stereocenters. The molecular formula is C13H18N6O. The van der Waals surface area contributed by atoms with Crippen molar-refractivity contribution >= 4 is 11.5 Å². The van der Waals surface area contributed by atoms with Crippen LogP contribution in [0.3, 0.4) is 0 Å². The zero-order chi connectivity index (χ0) is 14.5. The Morgan fingerprint density at radius 1 is 1.55 bits per heavy atom. The molecule has 0 aliphatic heterocycles. The van der Waals surface area contributed by atoms with Crippen LogP contribution in [0.1, 0.15) is 23.9 Å².